The van der Waals surface area contributed by atoms with Crippen LogP contribution in [0.15, 0.2) is 0 Å². The number of rotatable bonds is 9. The van der Waals surface area contributed by atoms with Crippen molar-refractivity contribution in [2.75, 3.05) is 19.3 Å². The van der Waals surface area contributed by atoms with E-state index in [-0.39, 0.29) is 23.1 Å². The second-order valence-corrected chi connectivity index (χ2v) is 7.32. The third kappa shape index (κ3) is 6.50. The molecule has 6 heteroatoms. The van der Waals surface area contributed by atoms with Crippen LogP contribution in [-0.4, -0.2) is 41.2 Å². The molecule has 20 heavy (non-hydrogen) atoms. The van der Waals surface area contributed by atoms with Crippen molar-refractivity contribution in [3.05, 3.63) is 0 Å². The Bertz CT molecular complexity index is 343. The van der Waals surface area contributed by atoms with Crippen LogP contribution >= 0.6 is 11.8 Å². The Morgan fingerprint density at radius 1 is 1.30 bits per heavy atom. The number of carbonyl (C=O) groups is 2. The van der Waals surface area contributed by atoms with Crippen LogP contribution in [0, 0.1) is 11.8 Å². The highest BCUT2D eigenvalue weighted by molar-refractivity contribution is 8.00. The zero-order chi connectivity index (χ0) is 15.2. The summed E-state index contributed by atoms with van der Waals surface area (Å²) in [6, 6.07) is -0.190. The van der Waals surface area contributed by atoms with E-state index < -0.39 is 5.97 Å². The lowest BCUT2D eigenvalue weighted by molar-refractivity contribution is -0.138. The van der Waals surface area contributed by atoms with Gasteiger partial charge in [0.25, 0.3) is 0 Å². The number of hydrogen-bond acceptors (Lipinski definition) is 3. The highest BCUT2D eigenvalue weighted by atomic mass is 32.2. The molecule has 0 bridgehead atoms. The number of carboxylic acids is 1. The van der Waals surface area contributed by atoms with Crippen molar-refractivity contribution in [3.63, 3.8) is 0 Å². The molecule has 0 aromatic rings. The molecule has 1 saturated carbocycles. The molecule has 1 fully saturated rings. The molecule has 0 aromatic heterocycles. The molecule has 0 unspecified atom stereocenters. The van der Waals surface area contributed by atoms with Crippen LogP contribution < -0.4 is 10.6 Å². The lowest BCUT2D eigenvalue weighted by Crippen LogP contribution is -2.42. The van der Waals surface area contributed by atoms with Crippen LogP contribution in [0.5, 0.6) is 0 Å². The first-order chi connectivity index (χ1) is 9.37. The van der Waals surface area contributed by atoms with Gasteiger partial charge in [0.05, 0.1) is 0 Å². The van der Waals surface area contributed by atoms with Crippen molar-refractivity contribution in [1.82, 2.24) is 10.6 Å². The molecule has 1 aliphatic rings. The minimum absolute atomic E-state index is 0.00585. The Morgan fingerprint density at radius 2 is 1.95 bits per heavy atom. The molecule has 1 rings (SSSR count). The summed E-state index contributed by atoms with van der Waals surface area (Å²) in [5, 5.41) is 14.6. The van der Waals surface area contributed by atoms with E-state index in [4.69, 9.17) is 5.11 Å². The standard InChI is InChI=1S/C14H26N2O3S/c1-10(2)6-11(7-12(17)18)8-15-13(19)16-9-14(20-3)4-5-14/h10-11H,4-9H2,1-3H3,(H,17,18)(H2,15,16,19)/t11-/m0/s1. The Labute approximate surface area is 125 Å². The Balaban J connectivity index is 2.26. The molecule has 5 nitrogen and oxygen atoms in total. The Kier molecular flexibility index (Phi) is 6.65. The van der Waals surface area contributed by atoms with Gasteiger partial charge in [0.2, 0.25) is 0 Å². The maximum Gasteiger partial charge on any atom is 0.314 e. The molecule has 0 aliphatic heterocycles. The maximum absolute atomic E-state index is 11.7. The first-order valence-corrected chi connectivity index (χ1v) is 8.38. The summed E-state index contributed by atoms with van der Waals surface area (Å²) in [5.41, 5.74) is 0. The molecule has 0 radical (unpaired) electrons. The Morgan fingerprint density at radius 3 is 2.40 bits per heavy atom. The van der Waals surface area contributed by atoms with E-state index in [1.807, 2.05) is 0 Å². The molecule has 3 N–H and O–H groups in total. The maximum atomic E-state index is 11.7. The second-order valence-electron chi connectivity index (χ2n) is 6.04. The Hall–Kier alpha value is -0.910. The molecular formula is C14H26N2O3S. The predicted molar refractivity (Wildman–Crippen MR) is 82.1 cm³/mol. The van der Waals surface area contributed by atoms with E-state index in [0.717, 1.165) is 19.3 Å². The van der Waals surface area contributed by atoms with Crippen molar-refractivity contribution in [3.8, 4) is 0 Å². The van der Waals surface area contributed by atoms with Gasteiger partial charge in [-0.3, -0.25) is 4.79 Å². The number of nitrogens with one attached hydrogen (secondary N) is 2. The van der Waals surface area contributed by atoms with Gasteiger partial charge in [-0.25, -0.2) is 4.79 Å². The summed E-state index contributed by atoms with van der Waals surface area (Å²) >= 11 is 1.80. The summed E-state index contributed by atoms with van der Waals surface area (Å²) in [6.07, 6.45) is 5.29. The van der Waals surface area contributed by atoms with Gasteiger partial charge in [0, 0.05) is 24.3 Å². The lowest BCUT2D eigenvalue weighted by Gasteiger charge is -2.19. The molecule has 116 valence electrons. The van der Waals surface area contributed by atoms with Gasteiger partial charge in [-0.2, -0.15) is 11.8 Å². The van der Waals surface area contributed by atoms with Gasteiger partial charge in [-0.05, 0) is 37.4 Å². The van der Waals surface area contributed by atoms with Crippen molar-refractivity contribution < 1.29 is 14.7 Å². The third-order valence-electron chi connectivity index (χ3n) is 3.63. The average Bonchev–Trinajstić information content (AvgIpc) is 3.13. The normalized spacial score (nSPS) is 17.6. The number of amides is 2. The van der Waals surface area contributed by atoms with Gasteiger partial charge in [0.1, 0.15) is 0 Å². The van der Waals surface area contributed by atoms with Crippen molar-refractivity contribution in [1.29, 1.82) is 0 Å². The largest absolute Gasteiger partial charge is 0.481 e. The number of carbonyl (C=O) groups excluding carboxylic acids is 1. The number of aliphatic carboxylic acids is 1. The van der Waals surface area contributed by atoms with Crippen LogP contribution in [0.3, 0.4) is 0 Å². The molecule has 0 aromatic carbocycles. The molecule has 0 heterocycles. The van der Waals surface area contributed by atoms with Gasteiger partial charge in [0.15, 0.2) is 0 Å². The zero-order valence-corrected chi connectivity index (χ0v) is 13.4. The van der Waals surface area contributed by atoms with E-state index >= 15 is 0 Å². The van der Waals surface area contributed by atoms with Gasteiger partial charge >= 0.3 is 12.0 Å². The van der Waals surface area contributed by atoms with E-state index in [9.17, 15) is 9.59 Å². The highest BCUT2D eigenvalue weighted by Crippen LogP contribution is 2.46. The van der Waals surface area contributed by atoms with Crippen LogP contribution in [0.1, 0.15) is 39.5 Å². The molecular weight excluding hydrogens is 276 g/mol. The van der Waals surface area contributed by atoms with Crippen LogP contribution in [0.25, 0.3) is 0 Å². The van der Waals surface area contributed by atoms with E-state index in [1.165, 1.54) is 0 Å². The van der Waals surface area contributed by atoms with Gasteiger partial charge in [-0.15, -0.1) is 0 Å². The number of urea groups is 1. The van der Waals surface area contributed by atoms with Crippen LogP contribution in [-0.2, 0) is 4.79 Å². The molecule has 0 saturated heterocycles. The summed E-state index contributed by atoms with van der Waals surface area (Å²) in [6.45, 7) is 5.23. The predicted octanol–water partition coefficient (Wildman–Crippen LogP) is 2.32. The quantitative estimate of drug-likeness (QED) is 0.611. The molecule has 1 aliphatic carbocycles. The zero-order valence-electron chi connectivity index (χ0n) is 12.6. The van der Waals surface area contributed by atoms with E-state index in [0.29, 0.717) is 19.0 Å². The van der Waals surface area contributed by atoms with Crippen molar-refractivity contribution in [2.24, 2.45) is 11.8 Å². The van der Waals surface area contributed by atoms with Gasteiger partial charge in [-0.1, -0.05) is 13.8 Å². The summed E-state index contributed by atoms with van der Waals surface area (Å²) in [4.78, 5) is 22.5. The van der Waals surface area contributed by atoms with Gasteiger partial charge < -0.3 is 15.7 Å². The molecule has 2 amide bonds. The smallest absolute Gasteiger partial charge is 0.314 e. The van der Waals surface area contributed by atoms with Crippen molar-refractivity contribution >= 4 is 23.8 Å². The minimum atomic E-state index is -0.808. The van der Waals surface area contributed by atoms with E-state index in [2.05, 4.69) is 30.7 Å². The average molecular weight is 302 g/mol. The number of hydrogen-bond donors (Lipinski definition) is 3. The third-order valence-corrected chi connectivity index (χ3v) is 5.05. The lowest BCUT2D eigenvalue weighted by atomic mass is 9.94. The fourth-order valence-electron chi connectivity index (χ4n) is 2.29. The number of thioether (sulfide) groups is 1. The second kappa shape index (κ2) is 7.76. The first-order valence-electron chi connectivity index (χ1n) is 7.15. The summed E-state index contributed by atoms with van der Waals surface area (Å²) < 4.78 is 0.246. The van der Waals surface area contributed by atoms with Crippen LogP contribution in [0.2, 0.25) is 0 Å². The topological polar surface area (TPSA) is 78.4 Å². The minimum Gasteiger partial charge on any atom is -0.481 e. The molecule has 0 spiro atoms. The monoisotopic (exact) mass is 302 g/mol. The van der Waals surface area contributed by atoms with E-state index in [1.54, 1.807) is 11.8 Å². The SMILES string of the molecule is CSC1(CNC(=O)NC[C@H](CC(=O)O)CC(C)C)CC1. The first kappa shape index (κ1) is 17.1. The summed E-state index contributed by atoms with van der Waals surface area (Å²) in [5.74, 6) is -0.388. The number of carboxylic acid groups (broad SMARTS) is 1. The fraction of sp³-hybridized carbons (Fsp3) is 0.857. The fourth-order valence-corrected chi connectivity index (χ4v) is 3.01. The highest BCUT2D eigenvalue weighted by Gasteiger charge is 2.41. The summed E-state index contributed by atoms with van der Waals surface area (Å²) in [7, 11) is 0. The van der Waals surface area contributed by atoms with Crippen molar-refractivity contribution in [2.45, 2.75) is 44.3 Å². The van der Waals surface area contributed by atoms with Crippen LogP contribution in [0.4, 0.5) is 4.79 Å². The molecule has 1 atom stereocenters.